The minimum absolute atomic E-state index is 0.139. The van der Waals surface area contributed by atoms with Gasteiger partial charge in [-0.25, -0.2) is 0 Å². The molecule has 6 heteroatoms. The third-order valence-corrected chi connectivity index (χ3v) is 3.64. The van der Waals surface area contributed by atoms with Crippen molar-refractivity contribution in [3.63, 3.8) is 0 Å². The molecule has 0 aliphatic heterocycles. The minimum Gasteiger partial charge on any atom is -0.392 e. The van der Waals surface area contributed by atoms with Crippen LogP contribution in [0.1, 0.15) is 37.8 Å². The highest BCUT2D eigenvalue weighted by atomic mass is 16.3. The topological polar surface area (TPSA) is 75.0 Å². The number of nitrogens with one attached hydrogen (secondary N) is 2. The van der Waals surface area contributed by atoms with Gasteiger partial charge in [-0.3, -0.25) is 4.68 Å². The van der Waals surface area contributed by atoms with E-state index in [0.29, 0.717) is 6.04 Å². The van der Waals surface area contributed by atoms with Crippen LogP contribution in [0.2, 0.25) is 0 Å². The predicted octanol–water partition coefficient (Wildman–Crippen LogP) is 0.281. The molecule has 0 spiro atoms. The van der Waals surface area contributed by atoms with E-state index in [1.165, 1.54) is 0 Å². The molecule has 2 atom stereocenters. The maximum Gasteiger partial charge on any atom is 0.0964 e. The van der Waals surface area contributed by atoms with Crippen LogP contribution in [0.3, 0.4) is 0 Å². The van der Waals surface area contributed by atoms with Gasteiger partial charge in [0.2, 0.25) is 0 Å². The first kappa shape index (κ1) is 14.4. The molecule has 0 saturated heterocycles. The van der Waals surface area contributed by atoms with Gasteiger partial charge in [0.05, 0.1) is 11.8 Å². The van der Waals surface area contributed by atoms with Gasteiger partial charge in [-0.05, 0) is 45.7 Å². The number of aromatic nitrogens is 3. The van der Waals surface area contributed by atoms with Crippen LogP contribution in [0.15, 0.2) is 6.20 Å². The van der Waals surface area contributed by atoms with Gasteiger partial charge in [-0.1, -0.05) is 5.21 Å². The van der Waals surface area contributed by atoms with Crippen molar-refractivity contribution in [2.75, 3.05) is 13.6 Å². The van der Waals surface area contributed by atoms with Crippen LogP contribution in [0, 0.1) is 0 Å². The van der Waals surface area contributed by atoms with Gasteiger partial charge in [0.25, 0.3) is 0 Å². The summed E-state index contributed by atoms with van der Waals surface area (Å²) in [5.41, 5.74) is 0.981. The number of hydrogen-bond acceptors (Lipinski definition) is 5. The summed E-state index contributed by atoms with van der Waals surface area (Å²) in [5.74, 6) is 0. The van der Waals surface area contributed by atoms with Crippen molar-refractivity contribution in [1.82, 2.24) is 25.6 Å². The molecule has 1 aliphatic rings. The lowest BCUT2D eigenvalue weighted by Crippen LogP contribution is -2.36. The summed E-state index contributed by atoms with van der Waals surface area (Å²) in [6.45, 7) is 2.65. The van der Waals surface area contributed by atoms with E-state index in [2.05, 4.69) is 20.9 Å². The van der Waals surface area contributed by atoms with Crippen molar-refractivity contribution in [2.45, 2.75) is 57.3 Å². The van der Waals surface area contributed by atoms with E-state index in [9.17, 15) is 5.11 Å². The molecule has 6 nitrogen and oxygen atoms in total. The van der Waals surface area contributed by atoms with E-state index < -0.39 is 0 Å². The minimum atomic E-state index is -0.139. The van der Waals surface area contributed by atoms with E-state index in [1.54, 1.807) is 0 Å². The zero-order valence-electron chi connectivity index (χ0n) is 11.7. The van der Waals surface area contributed by atoms with Crippen molar-refractivity contribution in [1.29, 1.82) is 0 Å². The fourth-order valence-corrected chi connectivity index (χ4v) is 2.57. The van der Waals surface area contributed by atoms with Crippen LogP contribution in [0.4, 0.5) is 0 Å². The lowest BCUT2D eigenvalue weighted by molar-refractivity contribution is 0.149. The maximum absolute atomic E-state index is 9.69. The Balaban J connectivity index is 1.56. The van der Waals surface area contributed by atoms with Crippen molar-refractivity contribution in [3.05, 3.63) is 11.9 Å². The van der Waals surface area contributed by atoms with Crippen LogP contribution >= 0.6 is 0 Å². The van der Waals surface area contributed by atoms with E-state index >= 15 is 0 Å². The predicted molar refractivity (Wildman–Crippen MR) is 73.7 cm³/mol. The van der Waals surface area contributed by atoms with E-state index in [1.807, 2.05) is 17.9 Å². The molecular weight excluding hydrogens is 242 g/mol. The molecule has 0 radical (unpaired) electrons. The normalized spacial score (nSPS) is 23.1. The molecule has 1 heterocycles. The number of rotatable bonds is 8. The van der Waals surface area contributed by atoms with Gasteiger partial charge in [0, 0.05) is 25.3 Å². The summed E-state index contributed by atoms with van der Waals surface area (Å²) in [6.07, 6.45) is 7.24. The second-order valence-corrected chi connectivity index (χ2v) is 5.27. The van der Waals surface area contributed by atoms with Crippen LogP contribution in [0.5, 0.6) is 0 Å². The van der Waals surface area contributed by atoms with E-state index in [0.717, 1.165) is 57.4 Å². The van der Waals surface area contributed by atoms with Crippen molar-refractivity contribution in [3.8, 4) is 0 Å². The smallest absolute Gasteiger partial charge is 0.0964 e. The van der Waals surface area contributed by atoms with Gasteiger partial charge in [0.1, 0.15) is 0 Å². The summed E-state index contributed by atoms with van der Waals surface area (Å²) >= 11 is 0. The van der Waals surface area contributed by atoms with Crippen LogP contribution in [-0.4, -0.2) is 45.8 Å². The zero-order chi connectivity index (χ0) is 13.5. The average Bonchev–Trinajstić information content (AvgIpc) is 3.00. The molecule has 1 aromatic rings. The highest BCUT2D eigenvalue weighted by Gasteiger charge is 2.23. The Morgan fingerprint density at radius 3 is 3.05 bits per heavy atom. The van der Waals surface area contributed by atoms with Gasteiger partial charge in [-0.15, -0.1) is 5.10 Å². The zero-order valence-corrected chi connectivity index (χ0v) is 11.7. The second-order valence-electron chi connectivity index (χ2n) is 5.27. The fourth-order valence-electron chi connectivity index (χ4n) is 2.57. The van der Waals surface area contributed by atoms with Crippen LogP contribution in [0.25, 0.3) is 0 Å². The molecule has 0 bridgehead atoms. The summed E-state index contributed by atoms with van der Waals surface area (Å²) in [4.78, 5) is 0. The van der Waals surface area contributed by atoms with Crippen molar-refractivity contribution in [2.24, 2.45) is 0 Å². The van der Waals surface area contributed by atoms with Crippen LogP contribution < -0.4 is 10.6 Å². The number of aryl methyl sites for hydroxylation is 1. The molecule has 19 heavy (non-hydrogen) atoms. The molecule has 1 aliphatic carbocycles. The third kappa shape index (κ3) is 4.56. The monoisotopic (exact) mass is 267 g/mol. The standard InChI is InChI=1S/C13H25N5O/c1-14-9-11-10-18(17-16-11)8-3-2-7-15-12-5-4-6-13(12)19/h10,12-15,19H,2-9H2,1H3. The molecule has 3 N–H and O–H groups in total. The molecule has 0 amide bonds. The summed E-state index contributed by atoms with van der Waals surface area (Å²) in [7, 11) is 1.90. The molecule has 0 aromatic carbocycles. The summed E-state index contributed by atoms with van der Waals surface area (Å²) in [5, 5.41) is 24.4. The number of nitrogens with zero attached hydrogens (tertiary/aromatic N) is 3. The average molecular weight is 267 g/mol. The molecule has 1 aromatic heterocycles. The first-order valence-electron chi connectivity index (χ1n) is 7.24. The molecule has 1 saturated carbocycles. The second kappa shape index (κ2) is 7.57. The third-order valence-electron chi connectivity index (χ3n) is 3.64. The Labute approximate surface area is 114 Å². The van der Waals surface area contributed by atoms with Gasteiger partial charge in [-0.2, -0.15) is 0 Å². The molecular formula is C13H25N5O. The Hall–Kier alpha value is -0.980. The quantitative estimate of drug-likeness (QED) is 0.590. The Morgan fingerprint density at radius 2 is 2.32 bits per heavy atom. The highest BCUT2D eigenvalue weighted by molar-refractivity contribution is 4.90. The molecule has 1 fully saturated rings. The first-order chi connectivity index (χ1) is 9.29. The SMILES string of the molecule is CNCc1cn(CCCCNC2CCCC2O)nn1. The Kier molecular flexibility index (Phi) is 5.75. The van der Waals surface area contributed by atoms with Gasteiger partial charge < -0.3 is 15.7 Å². The lowest BCUT2D eigenvalue weighted by atomic mass is 10.2. The number of hydrogen-bond donors (Lipinski definition) is 3. The molecule has 2 unspecified atom stereocenters. The summed E-state index contributed by atoms with van der Waals surface area (Å²) < 4.78 is 1.90. The molecule has 108 valence electrons. The number of aliphatic hydroxyl groups is 1. The Bertz CT molecular complexity index is 368. The Morgan fingerprint density at radius 1 is 1.42 bits per heavy atom. The molecule has 2 rings (SSSR count). The largest absolute Gasteiger partial charge is 0.392 e. The summed E-state index contributed by atoms with van der Waals surface area (Å²) in [6, 6.07) is 0.314. The lowest BCUT2D eigenvalue weighted by Gasteiger charge is -2.16. The van der Waals surface area contributed by atoms with E-state index in [4.69, 9.17) is 0 Å². The first-order valence-corrected chi connectivity index (χ1v) is 7.24. The van der Waals surface area contributed by atoms with Gasteiger partial charge >= 0.3 is 0 Å². The number of unbranched alkanes of at least 4 members (excludes halogenated alkanes) is 1. The van der Waals surface area contributed by atoms with Crippen LogP contribution in [-0.2, 0) is 13.1 Å². The number of aliphatic hydroxyl groups excluding tert-OH is 1. The van der Waals surface area contributed by atoms with Crippen molar-refractivity contribution >= 4 is 0 Å². The highest BCUT2D eigenvalue weighted by Crippen LogP contribution is 2.18. The fraction of sp³-hybridized carbons (Fsp3) is 0.846. The maximum atomic E-state index is 9.69. The van der Waals surface area contributed by atoms with Gasteiger partial charge in [0.15, 0.2) is 0 Å². The van der Waals surface area contributed by atoms with Crippen molar-refractivity contribution < 1.29 is 5.11 Å². The van der Waals surface area contributed by atoms with E-state index in [-0.39, 0.29) is 6.10 Å².